The quantitative estimate of drug-likeness (QED) is 0.167. The molecule has 1 aromatic heterocycles. The Morgan fingerprint density at radius 1 is 0.795 bits per heavy atom. The summed E-state index contributed by atoms with van der Waals surface area (Å²) >= 11 is 12.4. The van der Waals surface area contributed by atoms with Crippen molar-refractivity contribution in [1.82, 2.24) is 30.0 Å². The van der Waals surface area contributed by atoms with Crippen LogP contribution >= 0.6 is 23.2 Å². The largest absolute Gasteiger partial charge is 0.457 e. The van der Waals surface area contributed by atoms with E-state index in [0.717, 1.165) is 60.9 Å². The lowest BCUT2D eigenvalue weighted by Crippen LogP contribution is -2.48. The molecule has 1 aliphatic heterocycles. The molecule has 0 N–H and O–H groups in total. The number of ether oxygens (including phenoxy) is 1. The first-order valence-corrected chi connectivity index (χ1v) is 15.5. The van der Waals surface area contributed by atoms with Crippen molar-refractivity contribution in [1.29, 1.82) is 0 Å². The maximum atomic E-state index is 6.25. The lowest BCUT2D eigenvalue weighted by molar-refractivity contribution is 0.113. The van der Waals surface area contributed by atoms with Gasteiger partial charge in [-0.3, -0.25) is 9.80 Å². The number of nitrogens with zero attached hydrogens (tertiary/aromatic N) is 6. The molecule has 1 aliphatic rings. The highest BCUT2D eigenvalue weighted by Crippen LogP contribution is 2.35. The van der Waals surface area contributed by atoms with Gasteiger partial charge >= 0.3 is 0 Å². The zero-order chi connectivity index (χ0) is 30.5. The molecule has 1 fully saturated rings. The van der Waals surface area contributed by atoms with Crippen molar-refractivity contribution in [3.8, 4) is 17.2 Å². The molecule has 2 heterocycles. The standard InChI is InChI=1S/C35H34Cl2N6O/c1-25-9-6-10-26(2)33(25)43-35(38-39-40-43)34(28-14-7-15-29(23-28)44-30-16-17-31(36)32(37)24-30)42-21-19-41(20-22-42)18-8-13-27-11-4-3-5-12-27/h3-17,23-24,34H,18-22H2,1-2H3/b13-8+. The molecule has 0 spiro atoms. The average molecular weight is 626 g/mol. The molecule has 0 aliphatic carbocycles. The Balaban J connectivity index is 1.29. The second-order valence-electron chi connectivity index (χ2n) is 11.0. The summed E-state index contributed by atoms with van der Waals surface area (Å²) in [5.41, 5.74) is 5.49. The van der Waals surface area contributed by atoms with E-state index in [4.69, 9.17) is 27.9 Å². The molecule has 0 bridgehead atoms. The minimum Gasteiger partial charge on any atom is -0.457 e. The SMILES string of the molecule is Cc1cccc(C)c1-n1nnnc1C(c1cccc(Oc2ccc(Cl)c(Cl)c2)c1)N1CCN(C/C=C/c2ccccc2)CC1. The molecule has 1 atom stereocenters. The third-order valence-corrected chi connectivity index (χ3v) is 8.67. The van der Waals surface area contributed by atoms with Gasteiger partial charge in [-0.15, -0.1) is 5.10 Å². The first kappa shape index (κ1) is 30.0. The molecule has 9 heteroatoms. The minimum absolute atomic E-state index is 0.191. The maximum absolute atomic E-state index is 6.25. The minimum atomic E-state index is -0.191. The van der Waals surface area contributed by atoms with Crippen LogP contribution in [-0.4, -0.2) is 62.7 Å². The van der Waals surface area contributed by atoms with E-state index in [0.29, 0.717) is 21.5 Å². The van der Waals surface area contributed by atoms with Crippen molar-refractivity contribution in [3.05, 3.63) is 135 Å². The number of aryl methyl sites for hydroxylation is 2. The molecular formula is C35H34Cl2N6O. The highest BCUT2D eigenvalue weighted by molar-refractivity contribution is 6.42. The van der Waals surface area contributed by atoms with Crippen LogP contribution in [-0.2, 0) is 0 Å². The summed E-state index contributed by atoms with van der Waals surface area (Å²) in [6, 6.07) is 29.9. The fourth-order valence-corrected chi connectivity index (χ4v) is 6.01. The predicted octanol–water partition coefficient (Wildman–Crippen LogP) is 7.80. The van der Waals surface area contributed by atoms with Gasteiger partial charge in [-0.1, -0.05) is 96.0 Å². The fourth-order valence-electron chi connectivity index (χ4n) is 5.72. The molecule has 224 valence electrons. The monoisotopic (exact) mass is 624 g/mol. The number of tetrazole rings is 1. The number of hydrogen-bond acceptors (Lipinski definition) is 6. The predicted molar refractivity (Wildman–Crippen MR) is 177 cm³/mol. The van der Waals surface area contributed by atoms with Crippen LogP contribution < -0.4 is 4.74 Å². The second-order valence-corrected chi connectivity index (χ2v) is 11.8. The van der Waals surface area contributed by atoms with Gasteiger partial charge in [0.2, 0.25) is 0 Å². The summed E-state index contributed by atoms with van der Waals surface area (Å²) in [7, 11) is 0. The fraction of sp³-hybridized carbons (Fsp3) is 0.229. The molecule has 5 aromatic rings. The van der Waals surface area contributed by atoms with Crippen LogP contribution in [0.2, 0.25) is 10.0 Å². The van der Waals surface area contributed by atoms with Crippen molar-refractivity contribution < 1.29 is 4.74 Å². The first-order chi connectivity index (χ1) is 21.5. The number of rotatable bonds is 9. The summed E-state index contributed by atoms with van der Waals surface area (Å²) in [4.78, 5) is 4.94. The molecule has 0 amide bonds. The Bertz CT molecular complexity index is 1730. The van der Waals surface area contributed by atoms with E-state index in [1.165, 1.54) is 5.56 Å². The highest BCUT2D eigenvalue weighted by Gasteiger charge is 2.31. The molecule has 1 unspecified atom stereocenters. The molecule has 4 aromatic carbocycles. The van der Waals surface area contributed by atoms with E-state index in [1.54, 1.807) is 12.1 Å². The van der Waals surface area contributed by atoms with Gasteiger partial charge < -0.3 is 4.74 Å². The van der Waals surface area contributed by atoms with Gasteiger partial charge in [0, 0.05) is 38.8 Å². The van der Waals surface area contributed by atoms with Gasteiger partial charge in [0.25, 0.3) is 0 Å². The van der Waals surface area contributed by atoms with Gasteiger partial charge in [0.15, 0.2) is 5.82 Å². The summed E-state index contributed by atoms with van der Waals surface area (Å²) in [5, 5.41) is 14.2. The smallest absolute Gasteiger partial charge is 0.178 e. The second kappa shape index (κ2) is 13.7. The Labute approximate surface area is 268 Å². The Hall–Kier alpha value is -4.01. The van der Waals surface area contributed by atoms with E-state index in [9.17, 15) is 0 Å². The topological polar surface area (TPSA) is 59.3 Å². The Kier molecular flexibility index (Phi) is 9.38. The molecular weight excluding hydrogens is 591 g/mol. The number of aromatic nitrogens is 4. The van der Waals surface area contributed by atoms with Gasteiger partial charge in [-0.2, -0.15) is 4.68 Å². The van der Waals surface area contributed by atoms with E-state index >= 15 is 0 Å². The van der Waals surface area contributed by atoms with Crippen LogP contribution in [0.4, 0.5) is 0 Å². The summed E-state index contributed by atoms with van der Waals surface area (Å²) in [6.07, 6.45) is 4.43. The van der Waals surface area contributed by atoms with Crippen LogP contribution in [0, 0.1) is 13.8 Å². The van der Waals surface area contributed by atoms with Crippen molar-refractivity contribution in [2.24, 2.45) is 0 Å². The maximum Gasteiger partial charge on any atom is 0.178 e. The van der Waals surface area contributed by atoms with Gasteiger partial charge in [-0.05, 0) is 70.8 Å². The van der Waals surface area contributed by atoms with Gasteiger partial charge in [0.1, 0.15) is 11.5 Å². The molecule has 44 heavy (non-hydrogen) atoms. The molecule has 0 radical (unpaired) electrons. The highest BCUT2D eigenvalue weighted by atomic mass is 35.5. The zero-order valence-electron chi connectivity index (χ0n) is 24.8. The summed E-state index contributed by atoms with van der Waals surface area (Å²) < 4.78 is 8.12. The number of piperazine rings is 1. The van der Waals surface area contributed by atoms with Crippen LogP contribution in [0.3, 0.4) is 0 Å². The lowest BCUT2D eigenvalue weighted by atomic mass is 10.0. The van der Waals surface area contributed by atoms with Crippen LogP contribution in [0.5, 0.6) is 11.5 Å². The molecule has 1 saturated heterocycles. The third-order valence-electron chi connectivity index (χ3n) is 7.94. The van der Waals surface area contributed by atoms with E-state index in [-0.39, 0.29) is 6.04 Å². The Morgan fingerprint density at radius 2 is 1.52 bits per heavy atom. The average Bonchev–Trinajstić information content (AvgIpc) is 3.49. The zero-order valence-corrected chi connectivity index (χ0v) is 26.3. The number of benzene rings is 4. The Morgan fingerprint density at radius 3 is 2.27 bits per heavy atom. The van der Waals surface area contributed by atoms with Crippen LogP contribution in [0.1, 0.15) is 34.1 Å². The van der Waals surface area contributed by atoms with Gasteiger partial charge in [-0.25, -0.2) is 0 Å². The van der Waals surface area contributed by atoms with Gasteiger partial charge in [0.05, 0.1) is 21.8 Å². The number of para-hydroxylation sites is 1. The van der Waals surface area contributed by atoms with E-state index in [1.807, 2.05) is 28.9 Å². The van der Waals surface area contributed by atoms with Crippen LogP contribution in [0.15, 0.2) is 97.1 Å². The normalized spacial score (nSPS) is 15.1. The molecule has 0 saturated carbocycles. The third kappa shape index (κ3) is 6.87. The van der Waals surface area contributed by atoms with Crippen LogP contribution in [0.25, 0.3) is 11.8 Å². The summed E-state index contributed by atoms with van der Waals surface area (Å²) in [6.45, 7) is 8.68. The molecule has 6 rings (SSSR count). The van der Waals surface area contributed by atoms with Crippen molar-refractivity contribution in [3.63, 3.8) is 0 Å². The summed E-state index contributed by atoms with van der Waals surface area (Å²) in [5.74, 6) is 2.08. The number of halogens is 2. The van der Waals surface area contributed by atoms with E-state index < -0.39 is 0 Å². The number of hydrogen-bond donors (Lipinski definition) is 0. The first-order valence-electron chi connectivity index (χ1n) is 14.7. The van der Waals surface area contributed by atoms with E-state index in [2.05, 4.69) is 106 Å². The van der Waals surface area contributed by atoms with Crippen molar-refractivity contribution >= 4 is 29.3 Å². The lowest BCUT2D eigenvalue weighted by Gasteiger charge is -2.38. The van der Waals surface area contributed by atoms with Crippen molar-refractivity contribution in [2.45, 2.75) is 19.9 Å². The molecule has 7 nitrogen and oxygen atoms in total. The van der Waals surface area contributed by atoms with Crippen molar-refractivity contribution in [2.75, 3.05) is 32.7 Å².